The molecular weight excluding hydrogens is 114 g/mol. The molecular formula is C7H7NO. The van der Waals surface area contributed by atoms with Gasteiger partial charge < -0.3 is 5.73 Å². The fraction of sp³-hybridized carbons (Fsp3) is 0.143. The van der Waals surface area contributed by atoms with E-state index in [4.69, 9.17) is 5.73 Å². The zero-order chi connectivity index (χ0) is 6.69. The van der Waals surface area contributed by atoms with E-state index in [0.29, 0.717) is 17.7 Å². The van der Waals surface area contributed by atoms with Gasteiger partial charge in [0.2, 0.25) is 0 Å². The molecule has 0 unspecified atom stereocenters. The minimum Gasteiger partial charge on any atom is -0.398 e. The summed E-state index contributed by atoms with van der Waals surface area (Å²) in [5.74, 6) is 1.78. The number of hydrogen-bond acceptors (Lipinski definition) is 2. The molecule has 1 aliphatic carbocycles. The summed E-state index contributed by atoms with van der Waals surface area (Å²) in [4.78, 5) is 10.1. The quantitative estimate of drug-likeness (QED) is 0.475. The molecule has 2 N–H and O–H groups in total. The summed E-state index contributed by atoms with van der Waals surface area (Å²) in [5.41, 5.74) is 6.49. The van der Waals surface area contributed by atoms with Gasteiger partial charge in [-0.2, -0.15) is 0 Å². The lowest BCUT2D eigenvalue weighted by molar-refractivity contribution is 0.567. The molecule has 0 radical (unpaired) electrons. The van der Waals surface area contributed by atoms with E-state index in [2.05, 4.69) is 0 Å². The second-order valence-electron chi connectivity index (χ2n) is 1.83. The van der Waals surface area contributed by atoms with E-state index in [1.165, 1.54) is 0 Å². The van der Waals surface area contributed by atoms with Crippen LogP contribution in [-0.4, -0.2) is 5.94 Å². The third-order valence-electron chi connectivity index (χ3n) is 1.21. The molecule has 2 nitrogen and oxygen atoms in total. The van der Waals surface area contributed by atoms with Crippen molar-refractivity contribution in [3.8, 4) is 0 Å². The second-order valence-corrected chi connectivity index (χ2v) is 1.83. The molecule has 1 aliphatic rings. The predicted octanol–water partition coefficient (Wildman–Crippen LogP) is 0.547. The molecule has 0 aliphatic heterocycles. The van der Waals surface area contributed by atoms with Gasteiger partial charge in [0, 0.05) is 12.1 Å². The van der Waals surface area contributed by atoms with E-state index in [9.17, 15) is 4.79 Å². The van der Waals surface area contributed by atoms with Gasteiger partial charge in [0.1, 0.15) is 5.94 Å². The molecule has 2 heteroatoms. The highest BCUT2D eigenvalue weighted by molar-refractivity contribution is 5.62. The standard InChI is InChI=1S/C7H7NO/c8-7-4-2-1-3-6(7)5-9/h1-2,4H,3,8H2. The zero-order valence-electron chi connectivity index (χ0n) is 4.92. The Kier molecular flexibility index (Phi) is 1.52. The number of carbonyl (C=O) groups excluding carboxylic acids is 1. The molecule has 0 bridgehead atoms. The third kappa shape index (κ3) is 1.09. The Hall–Kier alpha value is -1.27. The summed E-state index contributed by atoms with van der Waals surface area (Å²) < 4.78 is 0. The summed E-state index contributed by atoms with van der Waals surface area (Å²) in [5, 5.41) is 0. The van der Waals surface area contributed by atoms with Gasteiger partial charge in [0.15, 0.2) is 0 Å². The van der Waals surface area contributed by atoms with Crippen LogP contribution in [0.3, 0.4) is 0 Å². The Balaban J connectivity index is 2.96. The van der Waals surface area contributed by atoms with Gasteiger partial charge in [-0.05, 0) is 6.08 Å². The molecule has 0 heterocycles. The van der Waals surface area contributed by atoms with Crippen molar-refractivity contribution in [1.82, 2.24) is 0 Å². The van der Waals surface area contributed by atoms with Gasteiger partial charge in [-0.25, -0.2) is 4.79 Å². The van der Waals surface area contributed by atoms with Gasteiger partial charge in [0.25, 0.3) is 0 Å². The van der Waals surface area contributed by atoms with E-state index in [-0.39, 0.29) is 0 Å². The van der Waals surface area contributed by atoms with Crippen LogP contribution in [0.5, 0.6) is 0 Å². The van der Waals surface area contributed by atoms with Crippen LogP contribution in [-0.2, 0) is 4.79 Å². The molecule has 0 atom stereocenters. The van der Waals surface area contributed by atoms with Crippen LogP contribution >= 0.6 is 0 Å². The monoisotopic (exact) mass is 121 g/mol. The van der Waals surface area contributed by atoms with Gasteiger partial charge in [0.05, 0.1) is 5.57 Å². The summed E-state index contributed by atoms with van der Waals surface area (Å²) in [6, 6.07) is 0. The molecule has 0 saturated heterocycles. The average molecular weight is 121 g/mol. The Morgan fingerprint density at radius 3 is 2.89 bits per heavy atom. The zero-order valence-corrected chi connectivity index (χ0v) is 4.92. The van der Waals surface area contributed by atoms with Crippen LogP contribution in [0.4, 0.5) is 0 Å². The first-order valence-corrected chi connectivity index (χ1v) is 2.71. The van der Waals surface area contributed by atoms with Crippen molar-refractivity contribution in [3.05, 3.63) is 29.5 Å². The molecule has 0 saturated carbocycles. The molecule has 1 rings (SSSR count). The highest BCUT2D eigenvalue weighted by atomic mass is 16.1. The van der Waals surface area contributed by atoms with Crippen LogP contribution in [0.1, 0.15) is 6.42 Å². The number of hydrogen-bond donors (Lipinski definition) is 1. The lowest BCUT2D eigenvalue weighted by atomic mass is 10.1. The van der Waals surface area contributed by atoms with Crippen molar-refractivity contribution >= 4 is 5.94 Å². The van der Waals surface area contributed by atoms with Crippen molar-refractivity contribution in [2.24, 2.45) is 5.73 Å². The van der Waals surface area contributed by atoms with Crippen molar-refractivity contribution in [2.45, 2.75) is 6.42 Å². The fourth-order valence-corrected chi connectivity index (χ4v) is 0.677. The van der Waals surface area contributed by atoms with Crippen molar-refractivity contribution in [1.29, 1.82) is 0 Å². The number of rotatable bonds is 0. The van der Waals surface area contributed by atoms with Gasteiger partial charge in [-0.15, -0.1) is 0 Å². The molecule has 0 amide bonds. The molecule has 0 spiro atoms. The third-order valence-corrected chi connectivity index (χ3v) is 1.21. The molecule has 0 fully saturated rings. The van der Waals surface area contributed by atoms with Crippen molar-refractivity contribution in [3.63, 3.8) is 0 Å². The van der Waals surface area contributed by atoms with Gasteiger partial charge in [-0.3, -0.25) is 0 Å². The second kappa shape index (κ2) is 2.33. The summed E-state index contributed by atoms with van der Waals surface area (Å²) in [7, 11) is 0. The molecule has 0 aromatic rings. The molecule has 46 valence electrons. The number of allylic oxidation sites excluding steroid dienone is 4. The Labute approximate surface area is 53.4 Å². The van der Waals surface area contributed by atoms with Gasteiger partial charge >= 0.3 is 0 Å². The fourth-order valence-electron chi connectivity index (χ4n) is 0.677. The van der Waals surface area contributed by atoms with Crippen LogP contribution in [0.15, 0.2) is 29.5 Å². The maximum absolute atomic E-state index is 10.1. The highest BCUT2D eigenvalue weighted by Gasteiger charge is 2.01. The summed E-state index contributed by atoms with van der Waals surface area (Å²) in [6.07, 6.45) is 6.02. The highest BCUT2D eigenvalue weighted by Crippen LogP contribution is 2.10. The Bertz CT molecular complexity index is 219. The average Bonchev–Trinajstić information content (AvgIpc) is 1.89. The maximum Gasteiger partial charge on any atom is 0.130 e. The van der Waals surface area contributed by atoms with Crippen LogP contribution in [0.2, 0.25) is 0 Å². The Morgan fingerprint density at radius 1 is 1.67 bits per heavy atom. The minimum absolute atomic E-state index is 0.535. The number of nitrogens with two attached hydrogens (primary N) is 1. The van der Waals surface area contributed by atoms with Crippen LogP contribution in [0.25, 0.3) is 0 Å². The predicted molar refractivity (Wildman–Crippen MR) is 35.2 cm³/mol. The minimum atomic E-state index is 0.535. The van der Waals surface area contributed by atoms with E-state index >= 15 is 0 Å². The lowest BCUT2D eigenvalue weighted by Gasteiger charge is -2.01. The van der Waals surface area contributed by atoms with E-state index in [0.717, 1.165) is 0 Å². The van der Waals surface area contributed by atoms with Gasteiger partial charge in [-0.1, -0.05) is 12.2 Å². The molecule has 0 aromatic carbocycles. The van der Waals surface area contributed by atoms with E-state index < -0.39 is 0 Å². The maximum atomic E-state index is 10.1. The van der Waals surface area contributed by atoms with E-state index in [1.54, 1.807) is 12.0 Å². The normalized spacial score (nSPS) is 16.9. The SMILES string of the molecule is NC1=CC=CCC1=C=O. The molecule has 0 aromatic heterocycles. The topological polar surface area (TPSA) is 43.1 Å². The van der Waals surface area contributed by atoms with Crippen LogP contribution < -0.4 is 5.73 Å². The van der Waals surface area contributed by atoms with Crippen LogP contribution in [0, 0.1) is 0 Å². The first-order chi connectivity index (χ1) is 4.34. The first kappa shape index (κ1) is 5.86. The smallest absolute Gasteiger partial charge is 0.130 e. The lowest BCUT2D eigenvalue weighted by Crippen LogP contribution is -2.02. The summed E-state index contributed by atoms with van der Waals surface area (Å²) >= 11 is 0. The largest absolute Gasteiger partial charge is 0.398 e. The summed E-state index contributed by atoms with van der Waals surface area (Å²) in [6.45, 7) is 0. The van der Waals surface area contributed by atoms with Crippen molar-refractivity contribution in [2.75, 3.05) is 0 Å². The van der Waals surface area contributed by atoms with E-state index in [1.807, 2.05) is 12.2 Å². The molecule has 9 heavy (non-hydrogen) atoms. The van der Waals surface area contributed by atoms with Crippen molar-refractivity contribution < 1.29 is 4.79 Å². The Morgan fingerprint density at radius 2 is 2.44 bits per heavy atom. The first-order valence-electron chi connectivity index (χ1n) is 2.71.